The number of thiophene rings is 1. The van der Waals surface area contributed by atoms with Crippen LogP contribution in [0.25, 0.3) is 0 Å². The molecule has 5 nitrogen and oxygen atoms in total. The van der Waals surface area contributed by atoms with Gasteiger partial charge in [-0.05, 0) is 37.4 Å². The average molecular weight is 341 g/mol. The molecule has 0 bridgehead atoms. The summed E-state index contributed by atoms with van der Waals surface area (Å²) < 4.78 is 5.18. The topological polar surface area (TPSA) is 67.2 Å². The number of hydrogen-bond donors (Lipinski definition) is 2. The van der Waals surface area contributed by atoms with Crippen LogP contribution in [0.2, 0.25) is 0 Å². The third-order valence-corrected chi connectivity index (χ3v) is 4.63. The molecule has 124 valence electrons. The molecule has 0 aliphatic carbocycles. The molecule has 2 aromatic heterocycles. The molecule has 0 spiro atoms. The maximum Gasteiger partial charge on any atom is 0.229 e. The molecule has 3 aromatic rings. The molecular formula is C18H19N3O2S. The summed E-state index contributed by atoms with van der Waals surface area (Å²) in [6.45, 7) is 4.41. The van der Waals surface area contributed by atoms with Gasteiger partial charge in [-0.25, -0.2) is 0 Å². The van der Waals surface area contributed by atoms with Crippen molar-refractivity contribution >= 4 is 28.6 Å². The molecular weight excluding hydrogens is 322 g/mol. The van der Waals surface area contributed by atoms with Crippen molar-refractivity contribution in [2.24, 2.45) is 0 Å². The van der Waals surface area contributed by atoms with Crippen molar-refractivity contribution in [1.29, 1.82) is 0 Å². The van der Waals surface area contributed by atoms with Crippen molar-refractivity contribution in [2.45, 2.75) is 26.8 Å². The highest BCUT2D eigenvalue weighted by Gasteiger charge is 2.11. The van der Waals surface area contributed by atoms with Gasteiger partial charge in [-0.3, -0.25) is 4.79 Å². The summed E-state index contributed by atoms with van der Waals surface area (Å²) in [4.78, 5) is 13.3. The lowest BCUT2D eigenvalue weighted by Gasteiger charge is -2.13. The minimum atomic E-state index is -0.0240. The Bertz CT molecular complexity index is 805. The number of nitrogens with one attached hydrogen (secondary N) is 2. The molecule has 0 aliphatic rings. The molecule has 0 unspecified atom stereocenters. The third-order valence-electron chi connectivity index (χ3n) is 3.75. The quantitative estimate of drug-likeness (QED) is 0.707. The van der Waals surface area contributed by atoms with Crippen LogP contribution in [0.4, 0.5) is 11.4 Å². The molecule has 0 saturated carbocycles. The van der Waals surface area contributed by atoms with Gasteiger partial charge in [0.2, 0.25) is 5.91 Å². The number of benzene rings is 1. The lowest BCUT2D eigenvalue weighted by atomic mass is 10.2. The highest BCUT2D eigenvalue weighted by Crippen LogP contribution is 2.23. The number of carbonyl (C=O) groups excluding carboxylic acids is 1. The van der Waals surface area contributed by atoms with Crippen LogP contribution < -0.4 is 10.6 Å². The van der Waals surface area contributed by atoms with Crippen LogP contribution in [0, 0.1) is 13.8 Å². The molecule has 0 radical (unpaired) electrons. The monoisotopic (exact) mass is 341 g/mol. The van der Waals surface area contributed by atoms with Crippen molar-refractivity contribution < 1.29 is 9.32 Å². The second kappa shape index (κ2) is 7.31. The molecule has 0 fully saturated rings. The largest absolute Gasteiger partial charge is 0.379 e. The third kappa shape index (κ3) is 3.83. The SMILES string of the molecule is Cc1noc(C)c1CNc1ccccc1NC(=O)Cc1cccs1. The highest BCUT2D eigenvalue weighted by atomic mass is 32.1. The molecule has 2 N–H and O–H groups in total. The maximum absolute atomic E-state index is 12.2. The molecule has 1 aromatic carbocycles. The van der Waals surface area contributed by atoms with Gasteiger partial charge in [0.05, 0.1) is 23.5 Å². The number of carbonyl (C=O) groups is 1. The zero-order chi connectivity index (χ0) is 16.9. The fourth-order valence-corrected chi connectivity index (χ4v) is 3.15. The summed E-state index contributed by atoms with van der Waals surface area (Å²) in [5.41, 5.74) is 3.55. The van der Waals surface area contributed by atoms with Crippen LogP contribution in [0.3, 0.4) is 0 Å². The number of hydrogen-bond acceptors (Lipinski definition) is 5. The Morgan fingerprint density at radius 1 is 1.17 bits per heavy atom. The van der Waals surface area contributed by atoms with E-state index in [9.17, 15) is 4.79 Å². The molecule has 24 heavy (non-hydrogen) atoms. The van der Waals surface area contributed by atoms with Crippen LogP contribution >= 0.6 is 11.3 Å². The Hall–Kier alpha value is -2.60. The van der Waals surface area contributed by atoms with Crippen molar-refractivity contribution in [3.05, 3.63) is 63.7 Å². The van der Waals surface area contributed by atoms with Crippen LogP contribution in [0.1, 0.15) is 21.9 Å². The predicted molar refractivity (Wildman–Crippen MR) is 96.4 cm³/mol. The van der Waals surface area contributed by atoms with E-state index in [-0.39, 0.29) is 5.91 Å². The summed E-state index contributed by atoms with van der Waals surface area (Å²) in [5, 5.41) is 12.3. The van der Waals surface area contributed by atoms with Gasteiger partial charge in [0, 0.05) is 17.0 Å². The first-order valence-corrected chi connectivity index (χ1v) is 8.58. The number of para-hydroxylation sites is 2. The Labute approximate surface area is 144 Å². The summed E-state index contributed by atoms with van der Waals surface area (Å²) >= 11 is 1.58. The normalized spacial score (nSPS) is 10.6. The number of rotatable bonds is 6. The van der Waals surface area contributed by atoms with Crippen LogP contribution in [0.5, 0.6) is 0 Å². The summed E-state index contributed by atoms with van der Waals surface area (Å²) in [6, 6.07) is 11.6. The standard InChI is InChI=1S/C18H19N3O2S/c1-12-15(13(2)23-21-12)11-19-16-7-3-4-8-17(16)20-18(22)10-14-6-5-9-24-14/h3-9,19H,10-11H2,1-2H3,(H,20,22). The first-order chi connectivity index (χ1) is 11.6. The summed E-state index contributed by atoms with van der Waals surface area (Å²) in [5.74, 6) is 0.781. The van der Waals surface area contributed by atoms with Crippen LogP contribution in [0.15, 0.2) is 46.3 Å². The number of amides is 1. The summed E-state index contributed by atoms with van der Waals surface area (Å²) in [6.07, 6.45) is 0.385. The molecule has 0 atom stereocenters. The minimum Gasteiger partial charge on any atom is -0.379 e. The van der Waals surface area contributed by atoms with E-state index in [1.807, 2.05) is 55.6 Å². The van der Waals surface area contributed by atoms with Gasteiger partial charge in [-0.1, -0.05) is 23.4 Å². The van der Waals surface area contributed by atoms with E-state index in [0.717, 1.165) is 33.3 Å². The predicted octanol–water partition coefficient (Wildman–Crippen LogP) is 4.15. The van der Waals surface area contributed by atoms with E-state index < -0.39 is 0 Å². The van der Waals surface area contributed by atoms with E-state index in [4.69, 9.17) is 4.52 Å². The van der Waals surface area contributed by atoms with Gasteiger partial charge in [-0.2, -0.15) is 0 Å². The number of aromatic nitrogens is 1. The zero-order valence-corrected chi connectivity index (χ0v) is 14.4. The van der Waals surface area contributed by atoms with E-state index >= 15 is 0 Å². The van der Waals surface area contributed by atoms with Crippen molar-refractivity contribution in [3.8, 4) is 0 Å². The molecule has 0 saturated heterocycles. The molecule has 6 heteroatoms. The van der Waals surface area contributed by atoms with E-state index in [2.05, 4.69) is 15.8 Å². The number of anilines is 2. The van der Waals surface area contributed by atoms with Gasteiger partial charge < -0.3 is 15.2 Å². The van der Waals surface area contributed by atoms with Crippen LogP contribution in [-0.2, 0) is 17.8 Å². The Balaban J connectivity index is 1.67. The van der Waals surface area contributed by atoms with E-state index in [1.165, 1.54) is 0 Å². The fraction of sp³-hybridized carbons (Fsp3) is 0.222. The van der Waals surface area contributed by atoms with Gasteiger partial charge in [0.1, 0.15) is 5.76 Å². The van der Waals surface area contributed by atoms with Crippen molar-refractivity contribution in [2.75, 3.05) is 10.6 Å². The lowest BCUT2D eigenvalue weighted by molar-refractivity contribution is -0.115. The van der Waals surface area contributed by atoms with E-state index in [0.29, 0.717) is 13.0 Å². The van der Waals surface area contributed by atoms with E-state index in [1.54, 1.807) is 11.3 Å². The zero-order valence-electron chi connectivity index (χ0n) is 13.6. The molecule has 2 heterocycles. The Kier molecular flexibility index (Phi) is 4.96. The minimum absolute atomic E-state index is 0.0240. The Morgan fingerprint density at radius 2 is 1.96 bits per heavy atom. The fourth-order valence-electron chi connectivity index (χ4n) is 2.45. The highest BCUT2D eigenvalue weighted by molar-refractivity contribution is 7.10. The van der Waals surface area contributed by atoms with Gasteiger partial charge >= 0.3 is 0 Å². The number of aryl methyl sites for hydroxylation is 2. The maximum atomic E-state index is 12.2. The van der Waals surface area contributed by atoms with Gasteiger partial charge in [-0.15, -0.1) is 11.3 Å². The van der Waals surface area contributed by atoms with Crippen molar-refractivity contribution in [1.82, 2.24) is 5.16 Å². The number of nitrogens with zero attached hydrogens (tertiary/aromatic N) is 1. The van der Waals surface area contributed by atoms with Crippen molar-refractivity contribution in [3.63, 3.8) is 0 Å². The smallest absolute Gasteiger partial charge is 0.229 e. The Morgan fingerprint density at radius 3 is 2.62 bits per heavy atom. The summed E-state index contributed by atoms with van der Waals surface area (Å²) in [7, 11) is 0. The second-order valence-electron chi connectivity index (χ2n) is 5.51. The van der Waals surface area contributed by atoms with Gasteiger partial charge in [0.15, 0.2) is 0 Å². The molecule has 0 aliphatic heterocycles. The van der Waals surface area contributed by atoms with Crippen LogP contribution in [-0.4, -0.2) is 11.1 Å². The average Bonchev–Trinajstić information content (AvgIpc) is 3.17. The van der Waals surface area contributed by atoms with Gasteiger partial charge in [0.25, 0.3) is 0 Å². The first kappa shape index (κ1) is 16.3. The second-order valence-corrected chi connectivity index (χ2v) is 6.54. The lowest BCUT2D eigenvalue weighted by Crippen LogP contribution is -2.15. The molecule has 3 rings (SSSR count). The first-order valence-electron chi connectivity index (χ1n) is 7.70. The molecule has 1 amide bonds.